The zero-order chi connectivity index (χ0) is 26.4. The molecule has 1 atom stereocenters. The molecule has 1 unspecified atom stereocenters. The van der Waals surface area contributed by atoms with Crippen molar-refractivity contribution in [3.8, 4) is 5.75 Å². The van der Waals surface area contributed by atoms with Crippen molar-refractivity contribution < 1.29 is 17.9 Å². The van der Waals surface area contributed by atoms with E-state index < -0.39 is 28.5 Å². The molecule has 6 nitrogen and oxygen atoms in total. The smallest absolute Gasteiger partial charge is 0.264 e. The zero-order valence-electron chi connectivity index (χ0n) is 20.5. The van der Waals surface area contributed by atoms with E-state index in [4.69, 9.17) is 16.3 Å². The number of carbonyl (C=O) groups is 1. The van der Waals surface area contributed by atoms with Crippen LogP contribution in [-0.4, -0.2) is 28.0 Å². The molecule has 1 N–H and O–H groups in total. The van der Waals surface area contributed by atoms with Crippen LogP contribution in [-0.2, 0) is 14.8 Å². The Labute approximate surface area is 222 Å². The van der Waals surface area contributed by atoms with E-state index in [0.29, 0.717) is 10.8 Å². The molecule has 4 rings (SSSR count). The van der Waals surface area contributed by atoms with Gasteiger partial charge in [-0.2, -0.15) is 0 Å². The average Bonchev–Trinajstić information content (AvgIpc) is 2.91. The van der Waals surface area contributed by atoms with E-state index in [-0.39, 0.29) is 10.6 Å². The van der Waals surface area contributed by atoms with Gasteiger partial charge in [0.2, 0.25) is 5.91 Å². The molecule has 8 heteroatoms. The summed E-state index contributed by atoms with van der Waals surface area (Å²) in [4.78, 5) is 13.5. The summed E-state index contributed by atoms with van der Waals surface area (Å²) in [6, 6.07) is 29.4. The van der Waals surface area contributed by atoms with E-state index in [1.807, 2.05) is 61.5 Å². The number of nitrogens with zero attached hydrogens (tertiary/aromatic N) is 1. The number of aryl methyl sites for hydroxylation is 1. The van der Waals surface area contributed by atoms with Crippen LogP contribution in [0, 0.1) is 6.92 Å². The lowest BCUT2D eigenvalue weighted by atomic mass is 9.98. The van der Waals surface area contributed by atoms with Gasteiger partial charge < -0.3 is 10.1 Å². The van der Waals surface area contributed by atoms with Gasteiger partial charge in [-0.3, -0.25) is 9.10 Å². The largest absolute Gasteiger partial charge is 0.497 e. The first-order valence-electron chi connectivity index (χ1n) is 11.6. The number of hydrogen-bond acceptors (Lipinski definition) is 4. The van der Waals surface area contributed by atoms with E-state index in [9.17, 15) is 13.2 Å². The highest BCUT2D eigenvalue weighted by atomic mass is 35.5. The van der Waals surface area contributed by atoms with E-state index in [0.717, 1.165) is 21.0 Å². The number of benzene rings is 4. The molecular formula is C29H27ClN2O4S. The van der Waals surface area contributed by atoms with Crippen LogP contribution < -0.4 is 14.4 Å². The molecule has 1 amide bonds. The van der Waals surface area contributed by atoms with Crippen LogP contribution in [0.1, 0.15) is 22.7 Å². The molecule has 0 heterocycles. The lowest BCUT2D eigenvalue weighted by molar-refractivity contribution is -0.120. The van der Waals surface area contributed by atoms with Gasteiger partial charge in [0.25, 0.3) is 10.0 Å². The van der Waals surface area contributed by atoms with Crippen LogP contribution in [0.5, 0.6) is 5.75 Å². The fourth-order valence-corrected chi connectivity index (χ4v) is 5.52. The van der Waals surface area contributed by atoms with Gasteiger partial charge in [-0.05, 0) is 60.5 Å². The zero-order valence-corrected chi connectivity index (χ0v) is 22.0. The standard InChI is InChI=1S/C29H27ClN2O4S/c1-21-11-13-23(14-12-21)29(22-7-4-3-5-8-22)31-28(33)20-32(25-10-6-9-24(30)19-25)37(34,35)27-17-15-26(36-2)16-18-27/h3-19,29H,20H2,1-2H3,(H,31,33). The van der Waals surface area contributed by atoms with Crippen molar-refractivity contribution in [2.45, 2.75) is 17.9 Å². The molecule has 0 aliphatic rings. The third kappa shape index (κ3) is 6.31. The van der Waals surface area contributed by atoms with Gasteiger partial charge >= 0.3 is 0 Å². The fraction of sp³-hybridized carbons (Fsp3) is 0.138. The van der Waals surface area contributed by atoms with Gasteiger partial charge in [-0.25, -0.2) is 8.42 Å². The van der Waals surface area contributed by atoms with Gasteiger partial charge in [0.1, 0.15) is 12.3 Å². The van der Waals surface area contributed by atoms with E-state index in [1.165, 1.54) is 25.3 Å². The Kier molecular flexibility index (Phi) is 8.16. The molecule has 0 aliphatic heterocycles. The lowest BCUT2D eigenvalue weighted by Gasteiger charge is -2.26. The van der Waals surface area contributed by atoms with Crippen LogP contribution in [0.4, 0.5) is 5.69 Å². The highest BCUT2D eigenvalue weighted by molar-refractivity contribution is 7.92. The maximum atomic E-state index is 13.7. The first-order valence-corrected chi connectivity index (χ1v) is 13.4. The van der Waals surface area contributed by atoms with Crippen LogP contribution in [0.2, 0.25) is 5.02 Å². The predicted molar refractivity (Wildman–Crippen MR) is 147 cm³/mol. The summed E-state index contributed by atoms with van der Waals surface area (Å²) >= 11 is 6.18. The lowest BCUT2D eigenvalue weighted by Crippen LogP contribution is -2.42. The first kappa shape index (κ1) is 26.3. The summed E-state index contributed by atoms with van der Waals surface area (Å²) in [5.74, 6) is 0.0567. The molecule has 0 saturated carbocycles. The summed E-state index contributed by atoms with van der Waals surface area (Å²) in [5.41, 5.74) is 3.15. The number of nitrogens with one attached hydrogen (secondary N) is 1. The van der Waals surface area contributed by atoms with E-state index in [2.05, 4.69) is 5.32 Å². The van der Waals surface area contributed by atoms with Gasteiger partial charge in [0, 0.05) is 5.02 Å². The second kappa shape index (κ2) is 11.5. The number of amides is 1. The number of sulfonamides is 1. The molecule has 4 aromatic rings. The normalized spacial score (nSPS) is 12.0. The number of anilines is 1. The van der Waals surface area contributed by atoms with Crippen LogP contribution >= 0.6 is 11.6 Å². The van der Waals surface area contributed by atoms with Crippen molar-refractivity contribution in [2.75, 3.05) is 18.0 Å². The fourth-order valence-electron chi connectivity index (χ4n) is 3.92. The number of methoxy groups -OCH3 is 1. The Hall–Kier alpha value is -3.81. The summed E-state index contributed by atoms with van der Waals surface area (Å²) < 4.78 is 33.6. The Balaban J connectivity index is 1.68. The van der Waals surface area contributed by atoms with Crippen molar-refractivity contribution in [1.29, 1.82) is 0 Å². The summed E-state index contributed by atoms with van der Waals surface area (Å²) in [5, 5.41) is 3.38. The third-order valence-corrected chi connectivity index (χ3v) is 7.90. The summed E-state index contributed by atoms with van der Waals surface area (Å²) in [7, 11) is -2.60. The second-order valence-corrected chi connectivity index (χ2v) is 10.8. The minimum absolute atomic E-state index is 0.0271. The van der Waals surface area contributed by atoms with Crippen LogP contribution in [0.3, 0.4) is 0 Å². The topological polar surface area (TPSA) is 75.7 Å². The van der Waals surface area contributed by atoms with Crippen LogP contribution in [0.25, 0.3) is 0 Å². The molecule has 0 fully saturated rings. The Bertz CT molecular complexity index is 1460. The van der Waals surface area contributed by atoms with Crippen molar-refractivity contribution >= 4 is 33.2 Å². The maximum Gasteiger partial charge on any atom is 0.264 e. The number of rotatable bonds is 9. The third-order valence-electron chi connectivity index (χ3n) is 5.88. The monoisotopic (exact) mass is 534 g/mol. The first-order chi connectivity index (χ1) is 17.8. The molecule has 0 aromatic heterocycles. The number of halogens is 1. The van der Waals surface area contributed by atoms with E-state index >= 15 is 0 Å². The minimum atomic E-state index is -4.10. The Morgan fingerprint density at radius 3 is 2.16 bits per heavy atom. The summed E-state index contributed by atoms with van der Waals surface area (Å²) in [6.07, 6.45) is 0. The molecule has 0 saturated heterocycles. The number of ether oxygens (including phenoxy) is 1. The Morgan fingerprint density at radius 2 is 1.54 bits per heavy atom. The molecular weight excluding hydrogens is 508 g/mol. The molecule has 190 valence electrons. The van der Waals surface area contributed by atoms with E-state index in [1.54, 1.807) is 30.3 Å². The minimum Gasteiger partial charge on any atom is -0.497 e. The van der Waals surface area contributed by atoms with Gasteiger partial charge in [-0.1, -0.05) is 77.8 Å². The quantitative estimate of drug-likeness (QED) is 0.296. The highest BCUT2D eigenvalue weighted by Crippen LogP contribution is 2.28. The Morgan fingerprint density at radius 1 is 0.892 bits per heavy atom. The summed E-state index contributed by atoms with van der Waals surface area (Å²) in [6.45, 7) is 1.55. The molecule has 0 aliphatic carbocycles. The van der Waals surface area contributed by atoms with Crippen molar-refractivity contribution in [1.82, 2.24) is 5.32 Å². The van der Waals surface area contributed by atoms with Crippen molar-refractivity contribution in [2.24, 2.45) is 0 Å². The molecule has 0 radical (unpaired) electrons. The number of hydrogen-bond donors (Lipinski definition) is 1. The second-order valence-electron chi connectivity index (χ2n) is 8.49. The molecule has 4 aromatic carbocycles. The average molecular weight is 535 g/mol. The molecule has 0 spiro atoms. The van der Waals surface area contributed by atoms with Gasteiger partial charge in [0.05, 0.1) is 23.7 Å². The van der Waals surface area contributed by atoms with Crippen molar-refractivity contribution in [3.05, 3.63) is 125 Å². The predicted octanol–water partition coefficient (Wildman–Crippen LogP) is 5.76. The SMILES string of the molecule is COc1ccc(S(=O)(=O)N(CC(=O)NC(c2ccccc2)c2ccc(C)cc2)c2cccc(Cl)c2)cc1. The van der Waals surface area contributed by atoms with Gasteiger partial charge in [0.15, 0.2) is 0 Å². The molecule has 0 bridgehead atoms. The molecule has 37 heavy (non-hydrogen) atoms. The van der Waals surface area contributed by atoms with Crippen molar-refractivity contribution in [3.63, 3.8) is 0 Å². The number of carbonyl (C=O) groups excluding carboxylic acids is 1. The highest BCUT2D eigenvalue weighted by Gasteiger charge is 2.29. The maximum absolute atomic E-state index is 13.7. The van der Waals surface area contributed by atoms with Crippen LogP contribution in [0.15, 0.2) is 108 Å². The van der Waals surface area contributed by atoms with Gasteiger partial charge in [-0.15, -0.1) is 0 Å².